The lowest BCUT2D eigenvalue weighted by Crippen LogP contribution is -2.37. The molecule has 0 bridgehead atoms. The Bertz CT molecular complexity index is 532. The van der Waals surface area contributed by atoms with Crippen LogP contribution in [0.2, 0.25) is 0 Å². The molecule has 0 unspecified atom stereocenters. The summed E-state index contributed by atoms with van der Waals surface area (Å²) in [5, 5.41) is 4.22. The van der Waals surface area contributed by atoms with Crippen molar-refractivity contribution in [2.24, 2.45) is 0 Å². The first-order valence-electron chi connectivity index (χ1n) is 6.41. The van der Waals surface area contributed by atoms with Crippen LogP contribution in [-0.4, -0.2) is 45.9 Å². The first-order chi connectivity index (χ1) is 8.88. The van der Waals surface area contributed by atoms with Crippen molar-refractivity contribution in [2.75, 3.05) is 31.2 Å². The normalized spacial score (nSPS) is 16.4. The van der Waals surface area contributed by atoms with Crippen LogP contribution in [0.5, 0.6) is 0 Å². The highest BCUT2D eigenvalue weighted by atomic mass is 16.5. The Morgan fingerprint density at radius 2 is 2.17 bits per heavy atom. The predicted octanol–water partition coefficient (Wildman–Crippen LogP) is 0.913. The van der Waals surface area contributed by atoms with E-state index in [-0.39, 0.29) is 0 Å². The van der Waals surface area contributed by atoms with Crippen LogP contribution >= 0.6 is 0 Å². The number of hydrogen-bond donors (Lipinski definition) is 0. The molecule has 0 spiro atoms. The maximum atomic E-state index is 5.37. The van der Waals surface area contributed by atoms with E-state index in [1.807, 2.05) is 10.6 Å². The molecule has 3 heterocycles. The third-order valence-electron chi connectivity index (χ3n) is 3.13. The first kappa shape index (κ1) is 11.4. The molecule has 1 fully saturated rings. The van der Waals surface area contributed by atoms with E-state index in [0.29, 0.717) is 0 Å². The van der Waals surface area contributed by atoms with Crippen LogP contribution in [0, 0.1) is 0 Å². The molecule has 1 aliphatic rings. The molecule has 3 rings (SSSR count). The molecule has 1 aliphatic heterocycles. The Hall–Kier alpha value is -1.69. The predicted molar refractivity (Wildman–Crippen MR) is 67.8 cm³/mol. The molecule has 96 valence electrons. The number of aryl methyl sites for hydroxylation is 1. The van der Waals surface area contributed by atoms with Gasteiger partial charge in [-0.1, -0.05) is 6.92 Å². The second kappa shape index (κ2) is 4.89. The van der Waals surface area contributed by atoms with Crippen LogP contribution < -0.4 is 4.90 Å². The minimum Gasteiger partial charge on any atom is -0.378 e. The van der Waals surface area contributed by atoms with Crippen molar-refractivity contribution in [2.45, 2.75) is 19.8 Å². The monoisotopic (exact) mass is 247 g/mol. The maximum absolute atomic E-state index is 5.37. The van der Waals surface area contributed by atoms with E-state index < -0.39 is 0 Å². The van der Waals surface area contributed by atoms with Crippen molar-refractivity contribution in [1.82, 2.24) is 19.6 Å². The zero-order valence-corrected chi connectivity index (χ0v) is 10.5. The first-order valence-corrected chi connectivity index (χ1v) is 6.41. The lowest BCUT2D eigenvalue weighted by Gasteiger charge is -2.28. The second-order valence-electron chi connectivity index (χ2n) is 4.41. The van der Waals surface area contributed by atoms with E-state index in [1.54, 1.807) is 6.33 Å². The standard InChI is InChI=1S/C12H17N5O/c1-2-3-10-15-12(16-4-6-18-7-5-16)8-11-13-9-14-17(10)11/h8-9H,2-7H2,1H3. The molecule has 1 saturated heterocycles. The highest BCUT2D eigenvalue weighted by Gasteiger charge is 2.15. The summed E-state index contributed by atoms with van der Waals surface area (Å²) in [4.78, 5) is 11.2. The van der Waals surface area contributed by atoms with Crippen LogP contribution in [0.3, 0.4) is 0 Å². The van der Waals surface area contributed by atoms with Crippen LogP contribution in [-0.2, 0) is 11.2 Å². The molecule has 0 aromatic carbocycles. The molecule has 0 N–H and O–H groups in total. The van der Waals surface area contributed by atoms with Gasteiger partial charge >= 0.3 is 0 Å². The average Bonchev–Trinajstić information content (AvgIpc) is 2.88. The number of nitrogens with zero attached hydrogens (tertiary/aromatic N) is 5. The molecule has 18 heavy (non-hydrogen) atoms. The van der Waals surface area contributed by atoms with Gasteiger partial charge in [-0.3, -0.25) is 0 Å². The number of aromatic nitrogens is 4. The van der Waals surface area contributed by atoms with Crippen molar-refractivity contribution in [3.8, 4) is 0 Å². The number of anilines is 1. The number of hydrogen-bond acceptors (Lipinski definition) is 5. The lowest BCUT2D eigenvalue weighted by molar-refractivity contribution is 0.122. The van der Waals surface area contributed by atoms with E-state index in [4.69, 9.17) is 9.72 Å². The quantitative estimate of drug-likeness (QED) is 0.807. The third kappa shape index (κ3) is 2.03. The number of morpholine rings is 1. The molecule has 0 amide bonds. The van der Waals surface area contributed by atoms with Gasteiger partial charge < -0.3 is 9.64 Å². The van der Waals surface area contributed by atoms with Gasteiger partial charge in [-0.2, -0.15) is 9.61 Å². The summed E-state index contributed by atoms with van der Waals surface area (Å²) in [5.41, 5.74) is 0.870. The Morgan fingerprint density at radius 1 is 1.33 bits per heavy atom. The lowest BCUT2D eigenvalue weighted by atomic mass is 10.3. The highest BCUT2D eigenvalue weighted by molar-refractivity contribution is 5.51. The Labute approximate surface area is 106 Å². The summed E-state index contributed by atoms with van der Waals surface area (Å²) in [7, 11) is 0. The molecule has 0 radical (unpaired) electrons. The minimum absolute atomic E-state index is 0.767. The van der Waals surface area contributed by atoms with Gasteiger partial charge in [-0.15, -0.1) is 0 Å². The van der Waals surface area contributed by atoms with Gasteiger partial charge in [0, 0.05) is 25.6 Å². The fourth-order valence-electron chi connectivity index (χ4n) is 2.21. The molecule has 0 atom stereocenters. The van der Waals surface area contributed by atoms with Gasteiger partial charge in [-0.05, 0) is 6.42 Å². The Morgan fingerprint density at radius 3 is 2.94 bits per heavy atom. The Kier molecular flexibility index (Phi) is 3.10. The zero-order chi connectivity index (χ0) is 12.4. The molecular formula is C12H17N5O. The van der Waals surface area contributed by atoms with Crippen molar-refractivity contribution in [3.05, 3.63) is 18.2 Å². The number of ether oxygens (including phenoxy) is 1. The van der Waals surface area contributed by atoms with E-state index >= 15 is 0 Å². The number of fused-ring (bicyclic) bond motifs is 1. The smallest absolute Gasteiger partial charge is 0.161 e. The van der Waals surface area contributed by atoms with Gasteiger partial charge in [0.1, 0.15) is 18.0 Å². The zero-order valence-electron chi connectivity index (χ0n) is 10.5. The van der Waals surface area contributed by atoms with E-state index in [2.05, 4.69) is 21.9 Å². The van der Waals surface area contributed by atoms with Crippen molar-refractivity contribution < 1.29 is 4.74 Å². The van der Waals surface area contributed by atoms with Crippen LogP contribution in [0.1, 0.15) is 19.2 Å². The van der Waals surface area contributed by atoms with E-state index in [0.717, 1.165) is 56.4 Å². The van der Waals surface area contributed by atoms with Crippen LogP contribution in [0.15, 0.2) is 12.4 Å². The average molecular weight is 247 g/mol. The fourth-order valence-corrected chi connectivity index (χ4v) is 2.21. The van der Waals surface area contributed by atoms with Crippen LogP contribution in [0.4, 0.5) is 5.82 Å². The van der Waals surface area contributed by atoms with Gasteiger partial charge in [0.15, 0.2) is 5.65 Å². The van der Waals surface area contributed by atoms with E-state index in [1.165, 1.54) is 0 Å². The summed E-state index contributed by atoms with van der Waals surface area (Å²) in [6, 6.07) is 2.00. The fraction of sp³-hybridized carbons (Fsp3) is 0.583. The minimum atomic E-state index is 0.767. The SMILES string of the molecule is CCCc1nc(N2CCOCC2)cc2ncnn12. The third-order valence-corrected chi connectivity index (χ3v) is 3.13. The highest BCUT2D eigenvalue weighted by Crippen LogP contribution is 2.16. The second-order valence-corrected chi connectivity index (χ2v) is 4.41. The molecule has 2 aromatic heterocycles. The van der Waals surface area contributed by atoms with Crippen molar-refractivity contribution in [1.29, 1.82) is 0 Å². The topological polar surface area (TPSA) is 55.5 Å². The van der Waals surface area contributed by atoms with Crippen LogP contribution in [0.25, 0.3) is 5.65 Å². The maximum Gasteiger partial charge on any atom is 0.161 e. The summed E-state index contributed by atoms with van der Waals surface area (Å²) >= 11 is 0. The summed E-state index contributed by atoms with van der Waals surface area (Å²) < 4.78 is 7.20. The van der Waals surface area contributed by atoms with Crippen molar-refractivity contribution >= 4 is 11.5 Å². The number of rotatable bonds is 3. The molecule has 6 nitrogen and oxygen atoms in total. The molecule has 6 heteroatoms. The molecule has 0 saturated carbocycles. The molecule has 2 aromatic rings. The van der Waals surface area contributed by atoms with Gasteiger partial charge in [0.2, 0.25) is 0 Å². The molecule has 0 aliphatic carbocycles. The molecular weight excluding hydrogens is 230 g/mol. The van der Waals surface area contributed by atoms with Gasteiger partial charge in [-0.25, -0.2) is 9.97 Å². The summed E-state index contributed by atoms with van der Waals surface area (Å²) in [6.07, 6.45) is 3.55. The largest absolute Gasteiger partial charge is 0.378 e. The summed E-state index contributed by atoms with van der Waals surface area (Å²) in [6.45, 7) is 5.46. The van der Waals surface area contributed by atoms with Gasteiger partial charge in [0.25, 0.3) is 0 Å². The Balaban J connectivity index is 2.00. The summed E-state index contributed by atoms with van der Waals surface area (Å²) in [5.74, 6) is 1.97. The van der Waals surface area contributed by atoms with E-state index in [9.17, 15) is 0 Å². The van der Waals surface area contributed by atoms with Gasteiger partial charge in [0.05, 0.1) is 13.2 Å². The van der Waals surface area contributed by atoms with Crippen molar-refractivity contribution in [3.63, 3.8) is 0 Å².